The van der Waals surface area contributed by atoms with Gasteiger partial charge in [0.25, 0.3) is 0 Å². The van der Waals surface area contributed by atoms with Gasteiger partial charge < -0.3 is 10.0 Å². The van der Waals surface area contributed by atoms with E-state index in [2.05, 4.69) is 47.1 Å². The molecule has 1 saturated heterocycles. The normalized spacial score (nSPS) is 19.4. The molecule has 0 saturated carbocycles. The molecule has 1 unspecified atom stereocenters. The van der Waals surface area contributed by atoms with Crippen molar-refractivity contribution in [3.05, 3.63) is 35.4 Å². The molecule has 4 heteroatoms. The molecule has 0 radical (unpaired) electrons. The van der Waals surface area contributed by atoms with Crippen LogP contribution >= 0.6 is 0 Å². The van der Waals surface area contributed by atoms with E-state index in [1.165, 1.54) is 17.5 Å². The Balaban J connectivity index is 1.78. The third-order valence-electron chi connectivity index (χ3n) is 3.96. The van der Waals surface area contributed by atoms with Gasteiger partial charge in [-0.2, -0.15) is 0 Å². The monoisotopic (exact) mass is 291 g/mol. The summed E-state index contributed by atoms with van der Waals surface area (Å²) >= 11 is 0. The fraction of sp³-hybridized carbons (Fsp3) is 0.647. The van der Waals surface area contributed by atoms with Crippen LogP contribution in [-0.4, -0.2) is 41.8 Å². The summed E-state index contributed by atoms with van der Waals surface area (Å²) in [5.74, 6) is 0. The summed E-state index contributed by atoms with van der Waals surface area (Å²) in [7, 11) is 2.17. The molecule has 4 nitrogen and oxygen atoms in total. The van der Waals surface area contributed by atoms with Crippen LogP contribution < -0.4 is 10.9 Å². The molecule has 0 amide bonds. The molecule has 1 aliphatic rings. The van der Waals surface area contributed by atoms with Crippen molar-refractivity contribution in [3.8, 4) is 0 Å². The Kier molecular flexibility index (Phi) is 5.76. The van der Waals surface area contributed by atoms with Crippen LogP contribution in [0.2, 0.25) is 0 Å². The number of hydrogen-bond donors (Lipinski definition) is 3. The molecule has 1 heterocycles. The minimum Gasteiger partial charge on any atom is -0.390 e. The Morgan fingerprint density at radius 3 is 2.48 bits per heavy atom. The van der Waals surface area contributed by atoms with Crippen LogP contribution in [0.5, 0.6) is 0 Å². The molecular formula is C17H29N3O. The third-order valence-corrected chi connectivity index (χ3v) is 3.96. The van der Waals surface area contributed by atoms with Crippen molar-refractivity contribution in [1.82, 2.24) is 15.8 Å². The average Bonchev–Trinajstić information content (AvgIpc) is 2.89. The number of aliphatic hydroxyl groups is 1. The van der Waals surface area contributed by atoms with E-state index in [9.17, 15) is 5.11 Å². The minimum absolute atomic E-state index is 0.557. The highest BCUT2D eigenvalue weighted by Gasteiger charge is 2.15. The second-order valence-electron chi connectivity index (χ2n) is 6.88. The number of likely N-dealkylation sites (N-methyl/N-ethyl adjacent to an activating group) is 1. The van der Waals surface area contributed by atoms with E-state index in [-0.39, 0.29) is 0 Å². The van der Waals surface area contributed by atoms with Gasteiger partial charge in [-0.05, 0) is 51.3 Å². The SMILES string of the molecule is CN(Cc1ccc(CCC(C)(C)O)cc1)CC1CCNN1. The fourth-order valence-electron chi connectivity index (χ4n) is 2.69. The zero-order chi connectivity index (χ0) is 15.3. The van der Waals surface area contributed by atoms with E-state index < -0.39 is 5.60 Å². The zero-order valence-corrected chi connectivity index (χ0v) is 13.5. The van der Waals surface area contributed by atoms with Crippen LogP contribution in [0.3, 0.4) is 0 Å². The lowest BCUT2D eigenvalue weighted by atomic mass is 9.98. The van der Waals surface area contributed by atoms with Gasteiger partial charge in [0.2, 0.25) is 0 Å². The Morgan fingerprint density at radius 1 is 1.24 bits per heavy atom. The van der Waals surface area contributed by atoms with Crippen LogP contribution in [-0.2, 0) is 13.0 Å². The number of hydrogen-bond acceptors (Lipinski definition) is 4. The lowest BCUT2D eigenvalue weighted by Gasteiger charge is -2.21. The maximum absolute atomic E-state index is 9.77. The summed E-state index contributed by atoms with van der Waals surface area (Å²) in [6.45, 7) is 6.83. The molecule has 0 bridgehead atoms. The number of aryl methyl sites for hydroxylation is 1. The molecule has 3 N–H and O–H groups in total. The van der Waals surface area contributed by atoms with Crippen molar-refractivity contribution in [3.63, 3.8) is 0 Å². The quantitative estimate of drug-likeness (QED) is 0.715. The Bertz CT molecular complexity index is 419. The van der Waals surface area contributed by atoms with Gasteiger partial charge in [-0.3, -0.25) is 10.9 Å². The van der Waals surface area contributed by atoms with Gasteiger partial charge >= 0.3 is 0 Å². The van der Waals surface area contributed by atoms with Crippen molar-refractivity contribution < 1.29 is 5.11 Å². The smallest absolute Gasteiger partial charge is 0.0594 e. The minimum atomic E-state index is -0.582. The number of nitrogens with one attached hydrogen (secondary N) is 2. The van der Waals surface area contributed by atoms with E-state index in [1.807, 2.05) is 13.8 Å². The molecule has 0 spiro atoms. The summed E-state index contributed by atoms with van der Waals surface area (Å²) in [5, 5.41) is 9.77. The highest BCUT2D eigenvalue weighted by Crippen LogP contribution is 2.14. The van der Waals surface area contributed by atoms with Crippen LogP contribution in [0.25, 0.3) is 0 Å². The maximum atomic E-state index is 9.77. The van der Waals surface area contributed by atoms with Gasteiger partial charge in [-0.25, -0.2) is 0 Å². The van der Waals surface area contributed by atoms with Crippen LogP contribution in [0.1, 0.15) is 37.8 Å². The molecule has 0 aliphatic carbocycles. The van der Waals surface area contributed by atoms with Crippen molar-refractivity contribution in [1.29, 1.82) is 0 Å². The summed E-state index contributed by atoms with van der Waals surface area (Å²) in [6, 6.07) is 9.34. The maximum Gasteiger partial charge on any atom is 0.0594 e. The predicted octanol–water partition coefficient (Wildman–Crippen LogP) is 1.69. The van der Waals surface area contributed by atoms with Crippen LogP contribution in [0, 0.1) is 0 Å². The summed E-state index contributed by atoms with van der Waals surface area (Å²) in [6.07, 6.45) is 2.92. The third kappa shape index (κ3) is 6.14. The largest absolute Gasteiger partial charge is 0.390 e. The molecule has 1 aliphatic heterocycles. The summed E-state index contributed by atoms with van der Waals surface area (Å²) in [4.78, 5) is 2.36. The van der Waals surface area contributed by atoms with Crippen molar-refractivity contribution in [2.75, 3.05) is 20.1 Å². The molecule has 1 aromatic carbocycles. The molecule has 21 heavy (non-hydrogen) atoms. The van der Waals surface area contributed by atoms with E-state index in [0.717, 1.165) is 32.5 Å². The second-order valence-corrected chi connectivity index (χ2v) is 6.88. The van der Waals surface area contributed by atoms with E-state index in [4.69, 9.17) is 0 Å². The highest BCUT2D eigenvalue weighted by molar-refractivity contribution is 5.22. The molecule has 1 aromatic rings. The number of benzene rings is 1. The summed E-state index contributed by atoms with van der Waals surface area (Å²) < 4.78 is 0. The molecule has 1 fully saturated rings. The average molecular weight is 291 g/mol. The molecule has 2 rings (SSSR count). The first-order valence-corrected chi connectivity index (χ1v) is 7.89. The first kappa shape index (κ1) is 16.4. The Labute approximate surface area is 128 Å². The van der Waals surface area contributed by atoms with Crippen molar-refractivity contribution in [2.45, 2.75) is 51.3 Å². The van der Waals surface area contributed by atoms with E-state index >= 15 is 0 Å². The first-order chi connectivity index (χ1) is 9.92. The molecular weight excluding hydrogens is 262 g/mol. The Morgan fingerprint density at radius 2 is 1.90 bits per heavy atom. The Hall–Kier alpha value is -0.940. The first-order valence-electron chi connectivity index (χ1n) is 7.89. The molecule has 1 atom stereocenters. The van der Waals surface area contributed by atoms with Gasteiger partial charge in [-0.15, -0.1) is 0 Å². The topological polar surface area (TPSA) is 47.5 Å². The van der Waals surface area contributed by atoms with Crippen molar-refractivity contribution in [2.24, 2.45) is 0 Å². The molecule has 0 aromatic heterocycles. The van der Waals surface area contributed by atoms with Gasteiger partial charge in [0, 0.05) is 25.7 Å². The number of hydrazine groups is 1. The van der Waals surface area contributed by atoms with Gasteiger partial charge in [0.1, 0.15) is 0 Å². The lowest BCUT2D eigenvalue weighted by Crippen LogP contribution is -2.38. The van der Waals surface area contributed by atoms with Gasteiger partial charge in [0.15, 0.2) is 0 Å². The lowest BCUT2D eigenvalue weighted by molar-refractivity contribution is 0.0714. The van der Waals surface area contributed by atoms with E-state index in [0.29, 0.717) is 6.04 Å². The van der Waals surface area contributed by atoms with E-state index in [1.54, 1.807) is 0 Å². The summed E-state index contributed by atoms with van der Waals surface area (Å²) in [5.41, 5.74) is 8.53. The standard InChI is InChI=1S/C17H29N3O/c1-17(2,21)10-8-14-4-6-15(7-5-14)12-20(3)13-16-9-11-18-19-16/h4-7,16,18-19,21H,8-13H2,1-3H3. The highest BCUT2D eigenvalue weighted by atomic mass is 16.3. The molecule has 118 valence electrons. The number of nitrogens with zero attached hydrogens (tertiary/aromatic N) is 1. The van der Waals surface area contributed by atoms with Crippen LogP contribution in [0.4, 0.5) is 0 Å². The van der Waals surface area contributed by atoms with Crippen molar-refractivity contribution >= 4 is 0 Å². The fourth-order valence-corrected chi connectivity index (χ4v) is 2.69. The van der Waals surface area contributed by atoms with Crippen LogP contribution in [0.15, 0.2) is 24.3 Å². The van der Waals surface area contributed by atoms with Gasteiger partial charge in [-0.1, -0.05) is 24.3 Å². The second kappa shape index (κ2) is 7.36. The predicted molar refractivity (Wildman–Crippen MR) is 86.9 cm³/mol. The zero-order valence-electron chi connectivity index (χ0n) is 13.5. The van der Waals surface area contributed by atoms with Gasteiger partial charge in [0.05, 0.1) is 5.60 Å². The number of rotatable bonds is 7.